The molecule has 1 spiro atoms. The van der Waals surface area contributed by atoms with Crippen molar-refractivity contribution in [2.45, 2.75) is 76.7 Å². The summed E-state index contributed by atoms with van der Waals surface area (Å²) in [7, 11) is 0. The first kappa shape index (κ1) is 27.8. The Labute approximate surface area is 225 Å². The van der Waals surface area contributed by atoms with Crippen LogP contribution in [0.2, 0.25) is 0 Å². The minimum Gasteiger partial charge on any atom is -0.457 e. The number of aliphatic hydroxyl groups excluding tert-OH is 1. The summed E-state index contributed by atoms with van der Waals surface area (Å²) in [6.07, 6.45) is 8.47. The lowest BCUT2D eigenvalue weighted by atomic mass is 9.59. The van der Waals surface area contributed by atoms with Crippen LogP contribution in [0.25, 0.3) is 0 Å². The fraction of sp³-hybridized carbons (Fsp3) is 0.516. The van der Waals surface area contributed by atoms with Gasteiger partial charge in [-0.15, -0.1) is 0 Å². The zero-order chi connectivity index (χ0) is 27.4. The number of carbonyl (C=O) groups excluding carboxylic acids is 3. The van der Waals surface area contributed by atoms with Gasteiger partial charge in [-0.25, -0.2) is 4.79 Å². The number of hydrogen-bond acceptors (Lipinski definition) is 6. The molecule has 2 fully saturated rings. The molecule has 4 rings (SSSR count). The average Bonchev–Trinajstić information content (AvgIpc) is 3.14. The van der Waals surface area contributed by atoms with Crippen LogP contribution in [-0.4, -0.2) is 46.8 Å². The molecular weight excluding hydrogens is 482 g/mol. The lowest BCUT2D eigenvalue weighted by molar-refractivity contribution is -0.186. The molecule has 38 heavy (non-hydrogen) atoms. The van der Waals surface area contributed by atoms with Crippen LogP contribution in [0.3, 0.4) is 0 Å². The topological polar surface area (TPSA) is 102 Å². The van der Waals surface area contributed by atoms with Gasteiger partial charge in [-0.1, -0.05) is 75.8 Å². The molecule has 204 valence electrons. The Hall–Kier alpha value is -3.19. The van der Waals surface area contributed by atoms with Gasteiger partial charge < -0.3 is 19.9 Å². The fourth-order valence-corrected chi connectivity index (χ4v) is 6.40. The van der Waals surface area contributed by atoms with E-state index in [1.165, 1.54) is 19.1 Å². The van der Waals surface area contributed by atoms with Crippen molar-refractivity contribution in [1.29, 1.82) is 0 Å². The lowest BCUT2D eigenvalue weighted by Gasteiger charge is -2.49. The summed E-state index contributed by atoms with van der Waals surface area (Å²) in [6, 6.07) is 9.52. The quantitative estimate of drug-likeness (QED) is 0.460. The molecule has 1 aliphatic carbocycles. The maximum Gasteiger partial charge on any atom is 0.331 e. The van der Waals surface area contributed by atoms with E-state index in [-0.39, 0.29) is 12.0 Å². The van der Waals surface area contributed by atoms with Crippen LogP contribution in [-0.2, 0) is 30.3 Å². The molecule has 0 aromatic heterocycles. The smallest absolute Gasteiger partial charge is 0.331 e. The van der Waals surface area contributed by atoms with E-state index in [4.69, 9.17) is 9.47 Å². The second-order valence-electron chi connectivity index (χ2n) is 11.1. The molecule has 8 atom stereocenters. The van der Waals surface area contributed by atoms with E-state index < -0.39 is 47.5 Å². The molecule has 7 heteroatoms. The van der Waals surface area contributed by atoms with Crippen LogP contribution < -0.4 is 5.32 Å². The molecule has 0 unspecified atom stereocenters. The Kier molecular flexibility index (Phi) is 8.56. The minimum absolute atomic E-state index is 0.295. The van der Waals surface area contributed by atoms with E-state index in [9.17, 15) is 19.5 Å². The van der Waals surface area contributed by atoms with Crippen molar-refractivity contribution >= 4 is 17.8 Å². The van der Waals surface area contributed by atoms with Gasteiger partial charge in [0.15, 0.2) is 0 Å². The van der Waals surface area contributed by atoms with Gasteiger partial charge in [0.1, 0.15) is 6.10 Å². The average molecular weight is 522 g/mol. The van der Waals surface area contributed by atoms with Crippen molar-refractivity contribution in [2.24, 2.45) is 23.7 Å². The largest absolute Gasteiger partial charge is 0.457 e. The van der Waals surface area contributed by atoms with Gasteiger partial charge in [0.2, 0.25) is 5.60 Å². The van der Waals surface area contributed by atoms with Crippen LogP contribution in [0.15, 0.2) is 66.8 Å². The first-order chi connectivity index (χ1) is 18.1. The lowest BCUT2D eigenvalue weighted by Crippen LogP contribution is -2.62. The Bertz CT molecular complexity index is 1110. The predicted octanol–water partition coefficient (Wildman–Crippen LogP) is 4.06. The van der Waals surface area contributed by atoms with E-state index in [0.29, 0.717) is 24.3 Å². The molecular formula is C31H39NO6. The number of amides is 1. The summed E-state index contributed by atoms with van der Waals surface area (Å²) in [4.78, 5) is 39.4. The van der Waals surface area contributed by atoms with Crippen LogP contribution in [0.1, 0.15) is 52.0 Å². The monoisotopic (exact) mass is 521 g/mol. The molecule has 7 nitrogen and oxygen atoms in total. The SMILES string of the molecule is C=C1[C@@H](C)[C@H]2[C@H](Cc3ccccc3)NC(=O)[C@]23OC(=O)/C=C/[C@H](O)CCC[C@@H](C)C/C=C/[C@H]3[C@@H]1OC(C)=O. The van der Waals surface area contributed by atoms with Crippen LogP contribution in [0.5, 0.6) is 0 Å². The van der Waals surface area contributed by atoms with E-state index >= 15 is 0 Å². The number of nitrogens with one attached hydrogen (secondary N) is 1. The molecule has 2 heterocycles. The third kappa shape index (κ3) is 5.63. The number of rotatable bonds is 3. The normalized spacial score (nSPS) is 37.6. The Morgan fingerprint density at radius 2 is 1.92 bits per heavy atom. The summed E-state index contributed by atoms with van der Waals surface area (Å²) in [6.45, 7) is 9.72. The zero-order valence-corrected chi connectivity index (χ0v) is 22.5. The van der Waals surface area contributed by atoms with Gasteiger partial charge in [-0.05, 0) is 48.3 Å². The predicted molar refractivity (Wildman–Crippen MR) is 144 cm³/mol. The van der Waals surface area contributed by atoms with Gasteiger partial charge in [-0.2, -0.15) is 0 Å². The maximum atomic E-state index is 14.0. The van der Waals surface area contributed by atoms with Crippen molar-refractivity contribution in [3.63, 3.8) is 0 Å². The highest BCUT2D eigenvalue weighted by Gasteiger charge is 2.68. The number of aliphatic hydroxyl groups is 1. The van der Waals surface area contributed by atoms with E-state index in [0.717, 1.165) is 24.8 Å². The second-order valence-corrected chi connectivity index (χ2v) is 11.1. The molecule has 1 amide bonds. The number of esters is 2. The van der Waals surface area contributed by atoms with Gasteiger partial charge in [-0.3, -0.25) is 9.59 Å². The number of hydrogen-bond donors (Lipinski definition) is 2. The van der Waals surface area contributed by atoms with E-state index in [1.54, 1.807) is 0 Å². The molecule has 1 aromatic rings. The molecule has 1 saturated carbocycles. The van der Waals surface area contributed by atoms with Gasteiger partial charge in [0.25, 0.3) is 5.91 Å². The molecule has 0 radical (unpaired) electrons. The Balaban J connectivity index is 1.84. The zero-order valence-electron chi connectivity index (χ0n) is 22.5. The summed E-state index contributed by atoms with van der Waals surface area (Å²) in [5.41, 5.74) is 0.128. The molecule has 1 aromatic carbocycles. The molecule has 2 N–H and O–H groups in total. The van der Waals surface area contributed by atoms with Crippen molar-refractivity contribution in [3.8, 4) is 0 Å². The van der Waals surface area contributed by atoms with Crippen molar-refractivity contribution in [3.05, 3.63) is 72.4 Å². The third-order valence-corrected chi connectivity index (χ3v) is 8.30. The molecule has 0 bridgehead atoms. The Morgan fingerprint density at radius 1 is 1.18 bits per heavy atom. The van der Waals surface area contributed by atoms with E-state index in [2.05, 4.69) is 18.8 Å². The minimum atomic E-state index is -1.61. The van der Waals surface area contributed by atoms with Crippen LogP contribution in [0, 0.1) is 23.7 Å². The summed E-state index contributed by atoms with van der Waals surface area (Å²) < 4.78 is 11.9. The fourth-order valence-electron chi connectivity index (χ4n) is 6.40. The highest BCUT2D eigenvalue weighted by molar-refractivity contribution is 5.94. The molecule has 1 saturated heterocycles. The summed E-state index contributed by atoms with van der Waals surface area (Å²) >= 11 is 0. The van der Waals surface area contributed by atoms with Gasteiger partial charge >= 0.3 is 11.9 Å². The Morgan fingerprint density at radius 3 is 2.63 bits per heavy atom. The van der Waals surface area contributed by atoms with Gasteiger partial charge in [0, 0.05) is 25.0 Å². The van der Waals surface area contributed by atoms with E-state index in [1.807, 2.05) is 49.4 Å². The molecule has 3 aliphatic rings. The van der Waals surface area contributed by atoms with Crippen molar-refractivity contribution in [2.75, 3.05) is 0 Å². The third-order valence-electron chi connectivity index (χ3n) is 8.30. The highest BCUT2D eigenvalue weighted by atomic mass is 16.6. The second kappa shape index (κ2) is 11.7. The molecule has 2 aliphatic heterocycles. The number of benzene rings is 1. The standard InChI is InChI=1S/C31H39NO6/c1-19-10-8-14-24(34)16-17-27(35)38-31-25(15-9-11-19)29(37-22(4)33)21(3)20(2)28(31)26(32-30(31)36)18-23-12-6-5-7-13-23/h5-7,9,12-13,15-17,19-20,24-26,28-29,34H,3,8,10-11,14,18H2,1-2,4H3,(H,32,36)/b15-9+,17-16+/t19-,20-,24-,25+,26+,28+,29-,31-/m1/s1. The number of allylic oxidation sites excluding steroid dienone is 1. The summed E-state index contributed by atoms with van der Waals surface area (Å²) in [5.74, 6) is -2.76. The van der Waals surface area contributed by atoms with Crippen LogP contribution in [0.4, 0.5) is 0 Å². The van der Waals surface area contributed by atoms with Gasteiger partial charge in [0.05, 0.1) is 12.0 Å². The first-order valence-corrected chi connectivity index (χ1v) is 13.6. The summed E-state index contributed by atoms with van der Waals surface area (Å²) in [5, 5.41) is 13.5. The van der Waals surface area contributed by atoms with Crippen LogP contribution >= 0.6 is 0 Å². The maximum absolute atomic E-state index is 14.0. The number of ether oxygens (including phenoxy) is 2. The van der Waals surface area contributed by atoms with Crippen molar-refractivity contribution < 1.29 is 29.0 Å². The highest BCUT2D eigenvalue weighted by Crippen LogP contribution is 2.53. The first-order valence-electron chi connectivity index (χ1n) is 13.6. The number of carbonyl (C=O) groups is 3. The van der Waals surface area contributed by atoms with Crippen molar-refractivity contribution in [1.82, 2.24) is 5.32 Å².